The van der Waals surface area contributed by atoms with Crippen molar-refractivity contribution in [2.24, 2.45) is 5.92 Å². The molecule has 1 saturated heterocycles. The molecular formula is C24H34N4O. The molecule has 2 aromatic rings. The molecular weight excluding hydrogens is 360 g/mol. The summed E-state index contributed by atoms with van der Waals surface area (Å²) < 4.78 is 0. The Morgan fingerprint density at radius 3 is 2.86 bits per heavy atom. The van der Waals surface area contributed by atoms with E-state index in [9.17, 15) is 5.11 Å². The van der Waals surface area contributed by atoms with Crippen LogP contribution in [-0.4, -0.2) is 23.2 Å². The lowest BCUT2D eigenvalue weighted by Crippen LogP contribution is -2.30. The Morgan fingerprint density at radius 1 is 1.41 bits per heavy atom. The van der Waals surface area contributed by atoms with Gasteiger partial charge in [-0.05, 0) is 67.8 Å². The van der Waals surface area contributed by atoms with E-state index in [4.69, 9.17) is 5.73 Å². The number of nitrogens with one attached hydrogen (secondary N) is 2. The second kappa shape index (κ2) is 9.31. The Kier molecular flexibility index (Phi) is 6.80. The average Bonchev–Trinajstić information content (AvgIpc) is 2.67. The lowest BCUT2D eigenvalue weighted by molar-refractivity contribution is 0.458. The number of phenolic OH excluding ortho intramolecular Hbond substituents is 1. The van der Waals surface area contributed by atoms with E-state index in [-0.39, 0.29) is 5.75 Å². The molecule has 1 aliphatic heterocycles. The lowest BCUT2D eigenvalue weighted by Gasteiger charge is -2.27. The van der Waals surface area contributed by atoms with E-state index >= 15 is 0 Å². The lowest BCUT2D eigenvalue weighted by atomic mass is 9.87. The summed E-state index contributed by atoms with van der Waals surface area (Å²) in [6.07, 6.45) is 3.20. The fourth-order valence-corrected chi connectivity index (χ4v) is 4.18. The maximum absolute atomic E-state index is 10.4. The summed E-state index contributed by atoms with van der Waals surface area (Å²) in [7, 11) is 0. The predicted octanol–water partition coefficient (Wildman–Crippen LogP) is 4.46. The molecule has 1 aliphatic rings. The third-order valence-corrected chi connectivity index (χ3v) is 5.60. The van der Waals surface area contributed by atoms with Crippen LogP contribution in [0.15, 0.2) is 36.5 Å². The minimum Gasteiger partial charge on any atom is -0.507 e. The van der Waals surface area contributed by atoms with Gasteiger partial charge in [-0.3, -0.25) is 0 Å². The van der Waals surface area contributed by atoms with Gasteiger partial charge in [0.05, 0.1) is 5.69 Å². The quantitative estimate of drug-likeness (QED) is 0.557. The van der Waals surface area contributed by atoms with E-state index in [2.05, 4.69) is 42.1 Å². The second-order valence-corrected chi connectivity index (χ2v) is 8.53. The number of phenols is 1. The molecule has 1 aromatic carbocycles. The Bertz CT molecular complexity index is 849. The molecule has 5 heteroatoms. The largest absolute Gasteiger partial charge is 0.507 e. The molecule has 0 amide bonds. The molecule has 0 radical (unpaired) electrons. The van der Waals surface area contributed by atoms with Crippen molar-refractivity contribution in [3.8, 4) is 17.0 Å². The van der Waals surface area contributed by atoms with E-state index in [0.29, 0.717) is 24.2 Å². The number of nitrogen functional groups attached to an aromatic ring is 1. The third-order valence-electron chi connectivity index (χ3n) is 5.60. The number of hydrogen-bond acceptors (Lipinski definition) is 5. The van der Waals surface area contributed by atoms with E-state index in [1.807, 2.05) is 19.1 Å². The number of piperidine rings is 1. The first-order valence-electron chi connectivity index (χ1n) is 10.6. The molecule has 5 N–H and O–H groups in total. The van der Waals surface area contributed by atoms with Gasteiger partial charge >= 0.3 is 0 Å². The van der Waals surface area contributed by atoms with Crippen molar-refractivity contribution in [3.05, 3.63) is 53.2 Å². The maximum atomic E-state index is 10.4. The summed E-state index contributed by atoms with van der Waals surface area (Å²) >= 11 is 0. The summed E-state index contributed by atoms with van der Waals surface area (Å²) in [5.74, 6) is 1.70. The summed E-state index contributed by atoms with van der Waals surface area (Å²) in [6.45, 7) is 13.1. The Hall–Kier alpha value is -2.53. The van der Waals surface area contributed by atoms with Crippen LogP contribution < -0.4 is 16.4 Å². The number of benzene rings is 1. The van der Waals surface area contributed by atoms with Crippen molar-refractivity contribution in [3.63, 3.8) is 0 Å². The molecule has 0 spiro atoms. The molecule has 1 unspecified atom stereocenters. The number of aryl methyl sites for hydroxylation is 1. The molecule has 0 saturated carbocycles. The van der Waals surface area contributed by atoms with Crippen LogP contribution >= 0.6 is 0 Å². The van der Waals surface area contributed by atoms with Gasteiger partial charge in [0.15, 0.2) is 0 Å². The number of rotatable bonds is 7. The van der Waals surface area contributed by atoms with Gasteiger partial charge in [-0.2, -0.15) is 0 Å². The SMILES string of the molecule is C=C(CC(C)C)NCc1c(C2CCCNC2)cc(-c2c(C)cccc2O)nc1N. The summed E-state index contributed by atoms with van der Waals surface area (Å²) in [5, 5.41) is 17.4. The minimum absolute atomic E-state index is 0.237. The van der Waals surface area contributed by atoms with Gasteiger partial charge in [-0.15, -0.1) is 0 Å². The van der Waals surface area contributed by atoms with E-state index in [1.54, 1.807) is 6.07 Å². The second-order valence-electron chi connectivity index (χ2n) is 8.53. The normalized spacial score (nSPS) is 16.8. The fraction of sp³-hybridized carbons (Fsp3) is 0.458. The molecule has 29 heavy (non-hydrogen) atoms. The van der Waals surface area contributed by atoms with Crippen LogP contribution in [0.1, 0.15) is 55.7 Å². The summed E-state index contributed by atoms with van der Waals surface area (Å²) in [6, 6.07) is 7.66. The highest BCUT2D eigenvalue weighted by Gasteiger charge is 2.23. The first-order chi connectivity index (χ1) is 13.9. The highest BCUT2D eigenvalue weighted by atomic mass is 16.3. The zero-order chi connectivity index (χ0) is 21.0. The highest BCUT2D eigenvalue weighted by Crippen LogP contribution is 2.36. The Morgan fingerprint density at radius 2 is 2.21 bits per heavy atom. The smallest absolute Gasteiger partial charge is 0.129 e. The number of anilines is 1. The minimum atomic E-state index is 0.237. The topological polar surface area (TPSA) is 83.2 Å². The molecule has 0 aliphatic carbocycles. The van der Waals surface area contributed by atoms with Gasteiger partial charge < -0.3 is 21.5 Å². The van der Waals surface area contributed by atoms with Crippen LogP contribution in [-0.2, 0) is 6.54 Å². The van der Waals surface area contributed by atoms with Gasteiger partial charge in [-0.25, -0.2) is 4.98 Å². The van der Waals surface area contributed by atoms with Crippen molar-refractivity contribution in [1.82, 2.24) is 15.6 Å². The van der Waals surface area contributed by atoms with Crippen molar-refractivity contribution in [2.75, 3.05) is 18.8 Å². The number of nitrogens with two attached hydrogens (primary N) is 1. The van der Waals surface area contributed by atoms with E-state index in [0.717, 1.165) is 60.4 Å². The molecule has 156 valence electrons. The van der Waals surface area contributed by atoms with E-state index < -0.39 is 0 Å². The van der Waals surface area contributed by atoms with Crippen molar-refractivity contribution < 1.29 is 5.11 Å². The Labute approximate surface area is 174 Å². The number of hydrogen-bond donors (Lipinski definition) is 4. The van der Waals surface area contributed by atoms with Gasteiger partial charge in [0.25, 0.3) is 0 Å². The first-order valence-corrected chi connectivity index (χ1v) is 10.6. The van der Waals surface area contributed by atoms with Crippen LogP contribution in [0.2, 0.25) is 0 Å². The molecule has 2 heterocycles. The van der Waals surface area contributed by atoms with Gasteiger partial charge in [0, 0.05) is 29.9 Å². The fourth-order valence-electron chi connectivity index (χ4n) is 4.18. The first kappa shape index (κ1) is 21.2. The van der Waals surface area contributed by atoms with Gasteiger partial charge in [0.2, 0.25) is 0 Å². The van der Waals surface area contributed by atoms with Crippen molar-refractivity contribution in [1.29, 1.82) is 0 Å². The zero-order valence-corrected chi connectivity index (χ0v) is 17.9. The van der Waals surface area contributed by atoms with Crippen molar-refractivity contribution in [2.45, 2.75) is 52.5 Å². The maximum Gasteiger partial charge on any atom is 0.129 e. The molecule has 0 bridgehead atoms. The number of allylic oxidation sites excluding steroid dienone is 1. The van der Waals surface area contributed by atoms with E-state index in [1.165, 1.54) is 5.56 Å². The summed E-state index contributed by atoms with van der Waals surface area (Å²) in [5.41, 5.74) is 12.2. The third kappa shape index (κ3) is 5.10. The molecule has 5 nitrogen and oxygen atoms in total. The van der Waals surface area contributed by atoms with Crippen LogP contribution in [0.3, 0.4) is 0 Å². The van der Waals surface area contributed by atoms with Crippen LogP contribution in [0, 0.1) is 12.8 Å². The average molecular weight is 395 g/mol. The number of aromatic hydroxyl groups is 1. The van der Waals surface area contributed by atoms with Gasteiger partial charge in [-0.1, -0.05) is 32.6 Å². The molecule has 3 rings (SSSR count). The number of aromatic nitrogens is 1. The van der Waals surface area contributed by atoms with Crippen LogP contribution in [0.5, 0.6) is 5.75 Å². The molecule has 1 aromatic heterocycles. The van der Waals surface area contributed by atoms with Gasteiger partial charge in [0.1, 0.15) is 11.6 Å². The predicted molar refractivity (Wildman–Crippen MR) is 121 cm³/mol. The van der Waals surface area contributed by atoms with Crippen molar-refractivity contribution >= 4 is 5.82 Å². The number of nitrogens with zero attached hydrogens (tertiary/aromatic N) is 1. The zero-order valence-electron chi connectivity index (χ0n) is 17.9. The summed E-state index contributed by atoms with van der Waals surface area (Å²) in [4.78, 5) is 4.69. The monoisotopic (exact) mass is 394 g/mol. The Balaban J connectivity index is 2.00. The van der Waals surface area contributed by atoms with Crippen LogP contribution in [0.4, 0.5) is 5.82 Å². The standard InChI is InChI=1S/C24H34N4O/c1-15(2)11-17(4)27-14-20-19(18-8-6-10-26-13-18)12-21(28-24(20)25)23-16(3)7-5-9-22(23)29/h5,7,9,12,15,18,26-27,29H,4,6,8,10-11,13-14H2,1-3H3,(H2,25,28). The highest BCUT2D eigenvalue weighted by molar-refractivity contribution is 5.73. The number of pyridine rings is 1. The van der Waals surface area contributed by atoms with Crippen LogP contribution in [0.25, 0.3) is 11.3 Å². The molecule has 1 atom stereocenters. The molecule has 1 fully saturated rings.